The van der Waals surface area contributed by atoms with Crippen molar-refractivity contribution in [1.82, 2.24) is 25.4 Å². The van der Waals surface area contributed by atoms with E-state index >= 15 is 0 Å². The van der Waals surface area contributed by atoms with Gasteiger partial charge in [0.05, 0.1) is 6.20 Å². The molecule has 0 radical (unpaired) electrons. The van der Waals surface area contributed by atoms with E-state index in [0.29, 0.717) is 5.89 Å². The lowest BCUT2D eigenvalue weighted by molar-refractivity contribution is 0.0529. The fraction of sp³-hybridized carbons (Fsp3) is 0.200. The van der Waals surface area contributed by atoms with Gasteiger partial charge >= 0.3 is 0 Å². The predicted molar refractivity (Wildman–Crippen MR) is 34.6 cm³/mol. The Hall–Kier alpha value is -1.92. The van der Waals surface area contributed by atoms with Gasteiger partial charge in [-0.3, -0.25) is 0 Å². The molecule has 0 aliphatic carbocycles. The minimum Gasteiger partial charge on any atom is -0.445 e. The van der Waals surface area contributed by atoms with Gasteiger partial charge < -0.3 is 9.25 Å². The Bertz CT molecular complexity index is 281. The standard InChI is InChI=1S/C5H5N5O2/c1-2-11-5(6-1)3-12-10-4-7-8-9-10/h1-2,4H,3H2. The van der Waals surface area contributed by atoms with E-state index in [1.54, 1.807) is 0 Å². The Balaban J connectivity index is 1.91. The lowest BCUT2D eigenvalue weighted by Crippen LogP contribution is -2.11. The Labute approximate surface area is 66.9 Å². The molecule has 0 fully saturated rings. The topological polar surface area (TPSA) is 78.9 Å². The maximum absolute atomic E-state index is 5.01. The summed E-state index contributed by atoms with van der Waals surface area (Å²) in [5.74, 6) is 0.477. The van der Waals surface area contributed by atoms with E-state index in [9.17, 15) is 0 Å². The van der Waals surface area contributed by atoms with E-state index in [1.807, 2.05) is 0 Å². The number of nitrogens with zero attached hydrogens (tertiary/aromatic N) is 5. The number of oxazole rings is 1. The maximum Gasteiger partial charge on any atom is 0.235 e. The zero-order valence-electron chi connectivity index (χ0n) is 5.99. The van der Waals surface area contributed by atoms with Crippen molar-refractivity contribution in [3.63, 3.8) is 0 Å². The average Bonchev–Trinajstić information content (AvgIpc) is 2.74. The van der Waals surface area contributed by atoms with Crippen LogP contribution < -0.4 is 4.84 Å². The van der Waals surface area contributed by atoms with Crippen molar-refractivity contribution in [3.8, 4) is 0 Å². The molecule has 2 aromatic heterocycles. The van der Waals surface area contributed by atoms with Crippen LogP contribution in [0.4, 0.5) is 0 Å². The third-order valence-corrected chi connectivity index (χ3v) is 1.13. The van der Waals surface area contributed by atoms with Crippen molar-refractivity contribution >= 4 is 0 Å². The van der Waals surface area contributed by atoms with Crippen molar-refractivity contribution in [3.05, 3.63) is 24.7 Å². The molecule has 0 unspecified atom stereocenters. The van der Waals surface area contributed by atoms with Crippen molar-refractivity contribution < 1.29 is 9.25 Å². The summed E-state index contributed by atoms with van der Waals surface area (Å²) >= 11 is 0. The van der Waals surface area contributed by atoms with Gasteiger partial charge in [0.15, 0.2) is 12.9 Å². The molecule has 2 aromatic rings. The molecule has 62 valence electrons. The van der Waals surface area contributed by atoms with Crippen LogP contribution in [0.3, 0.4) is 0 Å². The molecule has 0 saturated carbocycles. The second-order valence-corrected chi connectivity index (χ2v) is 1.91. The summed E-state index contributed by atoms with van der Waals surface area (Å²) in [5.41, 5.74) is 0. The van der Waals surface area contributed by atoms with Gasteiger partial charge in [0, 0.05) is 0 Å². The fourth-order valence-electron chi connectivity index (χ4n) is 0.658. The van der Waals surface area contributed by atoms with Crippen molar-refractivity contribution in [1.29, 1.82) is 0 Å². The second kappa shape index (κ2) is 2.99. The number of aromatic nitrogens is 5. The molecule has 0 aliphatic rings. The second-order valence-electron chi connectivity index (χ2n) is 1.91. The lowest BCUT2D eigenvalue weighted by Gasteiger charge is -1.97. The molecule has 2 rings (SSSR count). The van der Waals surface area contributed by atoms with E-state index in [0.717, 1.165) is 4.85 Å². The fourth-order valence-corrected chi connectivity index (χ4v) is 0.658. The summed E-state index contributed by atoms with van der Waals surface area (Å²) in [4.78, 5) is 9.99. The molecular weight excluding hydrogens is 162 g/mol. The van der Waals surface area contributed by atoms with Crippen LogP contribution in [0, 0.1) is 0 Å². The Morgan fingerprint density at radius 3 is 3.25 bits per heavy atom. The minimum atomic E-state index is 0.206. The van der Waals surface area contributed by atoms with Crippen LogP contribution in [0.25, 0.3) is 0 Å². The van der Waals surface area contributed by atoms with E-state index in [4.69, 9.17) is 9.25 Å². The first-order chi connectivity index (χ1) is 5.95. The molecule has 12 heavy (non-hydrogen) atoms. The highest BCUT2D eigenvalue weighted by Gasteiger charge is 1.98. The summed E-state index contributed by atoms with van der Waals surface area (Å²) < 4.78 is 4.91. The average molecular weight is 167 g/mol. The quantitative estimate of drug-likeness (QED) is 0.600. The van der Waals surface area contributed by atoms with Crippen molar-refractivity contribution in [2.45, 2.75) is 6.61 Å². The summed E-state index contributed by atoms with van der Waals surface area (Å²) in [5, 5.41) is 10.2. The molecule has 0 N–H and O–H groups in total. The number of hydrogen-bond acceptors (Lipinski definition) is 6. The molecule has 7 heteroatoms. The molecule has 0 spiro atoms. The monoisotopic (exact) mass is 167 g/mol. The first kappa shape index (κ1) is 6.77. The molecule has 0 aliphatic heterocycles. The van der Waals surface area contributed by atoms with Crippen LogP contribution in [0.15, 0.2) is 23.2 Å². The maximum atomic E-state index is 5.01. The van der Waals surface area contributed by atoms with Crippen LogP contribution in [0.1, 0.15) is 5.89 Å². The molecule has 2 heterocycles. The summed E-state index contributed by atoms with van der Waals surface area (Å²) in [6.45, 7) is 0.206. The van der Waals surface area contributed by atoms with E-state index in [2.05, 4.69) is 20.5 Å². The summed E-state index contributed by atoms with van der Waals surface area (Å²) in [7, 11) is 0. The number of hydrogen-bond donors (Lipinski definition) is 0. The molecule has 7 nitrogen and oxygen atoms in total. The number of rotatable bonds is 3. The summed E-state index contributed by atoms with van der Waals surface area (Å²) in [6, 6.07) is 0. The molecule has 0 saturated heterocycles. The Kier molecular flexibility index (Phi) is 1.69. The smallest absolute Gasteiger partial charge is 0.235 e. The van der Waals surface area contributed by atoms with Crippen LogP contribution in [-0.4, -0.2) is 25.4 Å². The minimum absolute atomic E-state index is 0.206. The van der Waals surface area contributed by atoms with Gasteiger partial charge in [-0.2, -0.15) is 0 Å². The Morgan fingerprint density at radius 1 is 1.58 bits per heavy atom. The zero-order chi connectivity index (χ0) is 8.23. The van der Waals surface area contributed by atoms with Crippen molar-refractivity contribution in [2.75, 3.05) is 0 Å². The molecule has 0 bridgehead atoms. The van der Waals surface area contributed by atoms with Crippen LogP contribution in [0.2, 0.25) is 0 Å². The van der Waals surface area contributed by atoms with Crippen LogP contribution in [-0.2, 0) is 6.61 Å². The largest absolute Gasteiger partial charge is 0.445 e. The van der Waals surface area contributed by atoms with Crippen LogP contribution >= 0.6 is 0 Å². The van der Waals surface area contributed by atoms with Gasteiger partial charge in [-0.05, 0) is 10.4 Å². The normalized spacial score (nSPS) is 10.0. The summed E-state index contributed by atoms with van der Waals surface area (Å²) in [6.07, 6.45) is 4.35. The highest BCUT2D eigenvalue weighted by molar-refractivity contribution is 4.75. The highest BCUT2D eigenvalue weighted by atomic mass is 16.7. The van der Waals surface area contributed by atoms with E-state index in [-0.39, 0.29) is 6.61 Å². The molecule has 0 atom stereocenters. The van der Waals surface area contributed by atoms with Gasteiger partial charge in [-0.15, -0.1) is 5.10 Å². The highest BCUT2D eigenvalue weighted by Crippen LogP contribution is 1.93. The third-order valence-electron chi connectivity index (χ3n) is 1.13. The van der Waals surface area contributed by atoms with Crippen LogP contribution in [0.5, 0.6) is 0 Å². The van der Waals surface area contributed by atoms with Crippen molar-refractivity contribution in [2.24, 2.45) is 0 Å². The van der Waals surface area contributed by atoms with Gasteiger partial charge in [-0.1, -0.05) is 4.85 Å². The van der Waals surface area contributed by atoms with Gasteiger partial charge in [-0.25, -0.2) is 4.98 Å². The first-order valence-corrected chi connectivity index (χ1v) is 3.20. The number of tetrazole rings is 1. The van der Waals surface area contributed by atoms with Gasteiger partial charge in [0.1, 0.15) is 6.26 Å². The predicted octanol–water partition coefficient (Wildman–Crippen LogP) is -0.710. The molecule has 0 amide bonds. The molecular formula is C5H5N5O2. The SMILES string of the molecule is c1coc(COn2cnnn2)n1. The van der Waals surface area contributed by atoms with E-state index in [1.165, 1.54) is 18.8 Å². The lowest BCUT2D eigenvalue weighted by atomic mass is 10.7. The molecule has 0 aromatic carbocycles. The zero-order valence-corrected chi connectivity index (χ0v) is 5.99. The van der Waals surface area contributed by atoms with Gasteiger partial charge in [0.2, 0.25) is 5.89 Å². The Morgan fingerprint density at radius 2 is 2.58 bits per heavy atom. The van der Waals surface area contributed by atoms with E-state index < -0.39 is 0 Å². The first-order valence-electron chi connectivity index (χ1n) is 3.20. The third kappa shape index (κ3) is 1.39. The van der Waals surface area contributed by atoms with Gasteiger partial charge in [0.25, 0.3) is 0 Å².